The molecule has 0 radical (unpaired) electrons. The summed E-state index contributed by atoms with van der Waals surface area (Å²) in [6.45, 7) is 2.82. The van der Waals surface area contributed by atoms with Gasteiger partial charge in [-0.3, -0.25) is 14.9 Å². The molecule has 2 heterocycles. The summed E-state index contributed by atoms with van der Waals surface area (Å²) in [6, 6.07) is 18.3. The molecule has 3 aromatic rings. The van der Waals surface area contributed by atoms with Gasteiger partial charge in [0.05, 0.1) is 11.8 Å². The summed E-state index contributed by atoms with van der Waals surface area (Å²) in [6.07, 6.45) is 5.56. The minimum atomic E-state index is -0.348. The number of hydrogen-bond acceptors (Lipinski definition) is 5. The maximum absolute atomic E-state index is 10.5. The van der Waals surface area contributed by atoms with Crippen LogP contribution in [-0.4, -0.2) is 39.2 Å². The van der Waals surface area contributed by atoms with Crippen molar-refractivity contribution in [1.82, 2.24) is 14.9 Å². The second-order valence-corrected chi connectivity index (χ2v) is 7.30. The molecule has 0 bridgehead atoms. The predicted octanol–water partition coefficient (Wildman–Crippen LogP) is 3.09. The van der Waals surface area contributed by atoms with E-state index in [0.29, 0.717) is 13.2 Å². The topological polar surface area (TPSA) is 58.5 Å². The highest BCUT2D eigenvalue weighted by Crippen LogP contribution is 2.26. The van der Waals surface area contributed by atoms with Gasteiger partial charge in [0.25, 0.3) is 0 Å². The molecule has 4 rings (SSSR count). The van der Waals surface area contributed by atoms with Gasteiger partial charge in [-0.15, -0.1) is 0 Å². The maximum atomic E-state index is 10.5. The van der Waals surface area contributed by atoms with Crippen LogP contribution in [0.1, 0.15) is 16.8 Å². The highest BCUT2D eigenvalue weighted by atomic mass is 16.5. The molecule has 1 fully saturated rings. The summed E-state index contributed by atoms with van der Waals surface area (Å²) in [5.41, 5.74) is 3.23. The van der Waals surface area contributed by atoms with Gasteiger partial charge in [-0.05, 0) is 18.1 Å². The van der Waals surface area contributed by atoms with Crippen LogP contribution in [0.15, 0.2) is 73.2 Å². The van der Waals surface area contributed by atoms with Crippen LogP contribution in [0.25, 0.3) is 0 Å². The third kappa shape index (κ3) is 4.74. The first kappa shape index (κ1) is 18.6. The van der Waals surface area contributed by atoms with Crippen molar-refractivity contribution >= 4 is 0 Å². The van der Waals surface area contributed by atoms with Crippen LogP contribution >= 0.6 is 0 Å². The molecule has 0 saturated carbocycles. The van der Waals surface area contributed by atoms with Crippen molar-refractivity contribution in [3.63, 3.8) is 0 Å². The maximum Gasteiger partial charge on any atom is 0.124 e. The number of benzene rings is 2. The van der Waals surface area contributed by atoms with E-state index in [0.717, 1.165) is 42.1 Å². The lowest BCUT2D eigenvalue weighted by molar-refractivity contribution is 0.140. The Morgan fingerprint density at radius 2 is 1.82 bits per heavy atom. The van der Waals surface area contributed by atoms with E-state index in [1.54, 1.807) is 18.6 Å². The van der Waals surface area contributed by atoms with E-state index in [9.17, 15) is 5.11 Å². The zero-order chi connectivity index (χ0) is 19.2. The summed E-state index contributed by atoms with van der Waals surface area (Å²) >= 11 is 0. The Balaban J connectivity index is 1.38. The molecule has 1 aliphatic rings. The molecule has 0 unspecified atom stereocenters. The molecule has 0 amide bonds. The van der Waals surface area contributed by atoms with Crippen LogP contribution in [0.5, 0.6) is 5.75 Å². The van der Waals surface area contributed by atoms with Crippen molar-refractivity contribution in [2.45, 2.75) is 25.7 Å². The van der Waals surface area contributed by atoms with Crippen LogP contribution in [-0.2, 0) is 19.6 Å². The number of ether oxygens (including phenoxy) is 1. The highest BCUT2D eigenvalue weighted by molar-refractivity contribution is 5.33. The van der Waals surface area contributed by atoms with Crippen molar-refractivity contribution in [3.05, 3.63) is 90.0 Å². The van der Waals surface area contributed by atoms with Crippen molar-refractivity contribution in [1.29, 1.82) is 0 Å². The lowest BCUT2D eigenvalue weighted by Crippen LogP contribution is -2.21. The van der Waals surface area contributed by atoms with Gasteiger partial charge in [0.1, 0.15) is 12.4 Å². The van der Waals surface area contributed by atoms with Gasteiger partial charge in [-0.25, -0.2) is 0 Å². The monoisotopic (exact) mass is 375 g/mol. The quantitative estimate of drug-likeness (QED) is 0.688. The first-order valence-corrected chi connectivity index (χ1v) is 9.68. The number of nitrogens with zero attached hydrogens (tertiary/aromatic N) is 3. The summed E-state index contributed by atoms with van der Waals surface area (Å²) in [5.74, 6) is 1.08. The Morgan fingerprint density at radius 3 is 2.64 bits per heavy atom. The van der Waals surface area contributed by atoms with E-state index < -0.39 is 0 Å². The van der Waals surface area contributed by atoms with E-state index in [4.69, 9.17) is 4.74 Å². The van der Waals surface area contributed by atoms with E-state index in [1.165, 1.54) is 0 Å². The van der Waals surface area contributed by atoms with Crippen LogP contribution < -0.4 is 4.74 Å². The minimum Gasteiger partial charge on any atom is -0.489 e. The summed E-state index contributed by atoms with van der Waals surface area (Å²) in [7, 11) is 0. The van der Waals surface area contributed by atoms with Gasteiger partial charge in [0, 0.05) is 49.7 Å². The number of aliphatic hydroxyl groups is 1. The number of β-amino-alcohol motifs (C(OH)–C–C–N with tert-alkyl or cyclic N) is 1. The molecule has 5 heteroatoms. The van der Waals surface area contributed by atoms with Crippen LogP contribution in [0.2, 0.25) is 0 Å². The Morgan fingerprint density at radius 1 is 1.00 bits per heavy atom. The third-order valence-corrected chi connectivity index (χ3v) is 5.17. The molecule has 0 spiro atoms. The Bertz CT molecular complexity index is 873. The Labute approximate surface area is 165 Å². The van der Waals surface area contributed by atoms with Gasteiger partial charge in [-0.2, -0.15) is 0 Å². The fraction of sp³-hybridized carbons (Fsp3) is 0.304. The molecule has 1 aliphatic heterocycles. The number of aromatic nitrogens is 2. The van der Waals surface area contributed by atoms with Crippen LogP contribution in [0.3, 0.4) is 0 Å². The molecular weight excluding hydrogens is 350 g/mol. The number of hydrogen-bond donors (Lipinski definition) is 1. The third-order valence-electron chi connectivity index (χ3n) is 5.17. The number of likely N-dealkylation sites (tertiary alicyclic amines) is 1. The largest absolute Gasteiger partial charge is 0.489 e. The van der Waals surface area contributed by atoms with Gasteiger partial charge < -0.3 is 9.84 Å². The van der Waals surface area contributed by atoms with Crippen LogP contribution in [0, 0.1) is 5.92 Å². The molecule has 2 atom stereocenters. The molecule has 5 nitrogen and oxygen atoms in total. The molecule has 1 N–H and O–H groups in total. The van der Waals surface area contributed by atoms with E-state index >= 15 is 0 Å². The molecule has 144 valence electrons. The standard InChI is InChI=1S/C23H25N3O2/c27-22-16-26(15-20(22)12-21-13-24-10-11-25-21)14-19-8-4-5-9-23(19)28-17-18-6-2-1-3-7-18/h1-11,13,20,22,27H,12,14-17H2/t20-,22-/m1/s1. The van der Waals surface area contributed by atoms with Gasteiger partial charge >= 0.3 is 0 Å². The lowest BCUT2D eigenvalue weighted by atomic mass is 10.0. The molecule has 0 aliphatic carbocycles. The molecule has 1 saturated heterocycles. The number of aliphatic hydroxyl groups excluding tert-OH is 1. The van der Waals surface area contributed by atoms with Crippen molar-refractivity contribution in [2.75, 3.05) is 13.1 Å². The normalized spacial score (nSPS) is 19.6. The van der Waals surface area contributed by atoms with E-state index in [2.05, 4.69) is 33.1 Å². The number of rotatable bonds is 7. The summed E-state index contributed by atoms with van der Waals surface area (Å²) in [4.78, 5) is 10.8. The second kappa shape index (κ2) is 8.95. The Kier molecular flexibility index (Phi) is 5.95. The minimum absolute atomic E-state index is 0.175. The lowest BCUT2D eigenvalue weighted by Gasteiger charge is -2.18. The second-order valence-electron chi connectivity index (χ2n) is 7.30. The number of para-hydroxylation sites is 1. The highest BCUT2D eigenvalue weighted by Gasteiger charge is 2.31. The summed E-state index contributed by atoms with van der Waals surface area (Å²) < 4.78 is 6.08. The predicted molar refractivity (Wildman–Crippen MR) is 108 cm³/mol. The fourth-order valence-corrected chi connectivity index (χ4v) is 3.73. The zero-order valence-electron chi connectivity index (χ0n) is 15.8. The molecule has 28 heavy (non-hydrogen) atoms. The van der Waals surface area contributed by atoms with Gasteiger partial charge in [0.15, 0.2) is 0 Å². The summed E-state index contributed by atoms with van der Waals surface area (Å²) in [5, 5.41) is 10.5. The Hall–Kier alpha value is -2.76. The van der Waals surface area contributed by atoms with E-state index in [1.807, 2.05) is 36.4 Å². The first-order valence-electron chi connectivity index (χ1n) is 9.68. The zero-order valence-corrected chi connectivity index (χ0v) is 15.8. The SMILES string of the molecule is O[C@@H]1CN(Cc2ccccc2OCc2ccccc2)C[C@H]1Cc1cnccn1. The van der Waals surface area contributed by atoms with Crippen molar-refractivity contribution in [2.24, 2.45) is 5.92 Å². The fourth-order valence-electron chi connectivity index (χ4n) is 3.73. The average Bonchev–Trinajstić information content (AvgIpc) is 3.07. The van der Waals surface area contributed by atoms with E-state index in [-0.39, 0.29) is 12.0 Å². The molecule has 2 aromatic carbocycles. The smallest absolute Gasteiger partial charge is 0.124 e. The first-order chi connectivity index (χ1) is 13.8. The van der Waals surface area contributed by atoms with Gasteiger partial charge in [0.2, 0.25) is 0 Å². The van der Waals surface area contributed by atoms with Crippen molar-refractivity contribution in [3.8, 4) is 5.75 Å². The molecular formula is C23H25N3O2. The molecule has 1 aromatic heterocycles. The van der Waals surface area contributed by atoms with Crippen LogP contribution in [0.4, 0.5) is 0 Å². The van der Waals surface area contributed by atoms with Gasteiger partial charge in [-0.1, -0.05) is 48.5 Å². The van der Waals surface area contributed by atoms with Crippen molar-refractivity contribution < 1.29 is 9.84 Å². The average molecular weight is 375 g/mol.